The SMILES string of the molecule is COCc1cc(CO)cc(CO)c1O. The first-order chi connectivity index (χ1) is 6.72. The maximum atomic E-state index is 9.62. The highest BCUT2D eigenvalue weighted by Crippen LogP contribution is 2.25. The monoisotopic (exact) mass is 198 g/mol. The van der Waals surface area contributed by atoms with Gasteiger partial charge in [-0.05, 0) is 17.7 Å². The summed E-state index contributed by atoms with van der Waals surface area (Å²) in [6.45, 7) is -0.118. The molecule has 0 fully saturated rings. The Kier molecular flexibility index (Phi) is 3.88. The lowest BCUT2D eigenvalue weighted by molar-refractivity contribution is 0.181. The zero-order chi connectivity index (χ0) is 10.6. The molecule has 1 aromatic carbocycles. The molecule has 0 aliphatic carbocycles. The summed E-state index contributed by atoms with van der Waals surface area (Å²) in [4.78, 5) is 0. The van der Waals surface area contributed by atoms with Gasteiger partial charge < -0.3 is 20.1 Å². The van der Waals surface area contributed by atoms with Crippen molar-refractivity contribution in [2.45, 2.75) is 19.8 Å². The highest BCUT2D eigenvalue weighted by atomic mass is 16.5. The molecule has 1 rings (SSSR count). The summed E-state index contributed by atoms with van der Waals surface area (Å²) in [7, 11) is 1.52. The van der Waals surface area contributed by atoms with Gasteiger partial charge >= 0.3 is 0 Å². The van der Waals surface area contributed by atoms with Gasteiger partial charge in [-0.2, -0.15) is 0 Å². The molecule has 0 aliphatic rings. The number of ether oxygens (including phenoxy) is 1. The number of hydrogen-bond donors (Lipinski definition) is 3. The Bertz CT molecular complexity index is 309. The Morgan fingerprint density at radius 3 is 2.29 bits per heavy atom. The molecule has 0 saturated carbocycles. The van der Waals surface area contributed by atoms with Gasteiger partial charge in [0.15, 0.2) is 0 Å². The largest absolute Gasteiger partial charge is 0.507 e. The van der Waals surface area contributed by atoms with E-state index in [9.17, 15) is 5.11 Å². The van der Waals surface area contributed by atoms with Crippen LogP contribution >= 0.6 is 0 Å². The number of rotatable bonds is 4. The third-order valence-corrected chi connectivity index (χ3v) is 1.98. The van der Waals surface area contributed by atoms with Gasteiger partial charge in [-0.25, -0.2) is 0 Å². The van der Waals surface area contributed by atoms with Gasteiger partial charge in [0.25, 0.3) is 0 Å². The first-order valence-corrected chi connectivity index (χ1v) is 4.27. The van der Waals surface area contributed by atoms with E-state index in [0.717, 1.165) is 0 Å². The lowest BCUT2D eigenvalue weighted by atomic mass is 10.1. The van der Waals surface area contributed by atoms with Crippen LogP contribution < -0.4 is 0 Å². The number of methoxy groups -OCH3 is 1. The van der Waals surface area contributed by atoms with Crippen molar-refractivity contribution in [2.24, 2.45) is 0 Å². The number of aromatic hydroxyl groups is 1. The van der Waals surface area contributed by atoms with E-state index in [1.165, 1.54) is 7.11 Å². The lowest BCUT2D eigenvalue weighted by Gasteiger charge is -2.09. The summed E-state index contributed by atoms with van der Waals surface area (Å²) >= 11 is 0. The van der Waals surface area contributed by atoms with Crippen LogP contribution in [-0.2, 0) is 24.6 Å². The zero-order valence-electron chi connectivity index (χ0n) is 8.03. The van der Waals surface area contributed by atoms with Crippen LogP contribution in [0, 0.1) is 0 Å². The number of phenols is 1. The standard InChI is InChI=1S/C10H14O4/c1-14-6-9-3-7(4-11)2-8(5-12)10(9)13/h2-3,11-13H,4-6H2,1H3. The van der Waals surface area contributed by atoms with E-state index in [1.807, 2.05) is 0 Å². The maximum Gasteiger partial charge on any atom is 0.126 e. The van der Waals surface area contributed by atoms with Gasteiger partial charge in [-0.3, -0.25) is 0 Å². The molecule has 0 spiro atoms. The van der Waals surface area contributed by atoms with Crippen molar-refractivity contribution >= 4 is 0 Å². The maximum absolute atomic E-state index is 9.62. The first-order valence-electron chi connectivity index (χ1n) is 4.27. The summed E-state index contributed by atoms with van der Waals surface area (Å²) in [6.07, 6.45) is 0. The Labute approximate surface area is 82.4 Å². The lowest BCUT2D eigenvalue weighted by Crippen LogP contribution is -1.96. The summed E-state index contributed by atoms with van der Waals surface area (Å²) < 4.78 is 4.88. The van der Waals surface area contributed by atoms with Crippen molar-refractivity contribution in [3.63, 3.8) is 0 Å². The van der Waals surface area contributed by atoms with Crippen molar-refractivity contribution in [2.75, 3.05) is 7.11 Å². The van der Waals surface area contributed by atoms with Crippen molar-refractivity contribution < 1.29 is 20.1 Å². The molecule has 14 heavy (non-hydrogen) atoms. The molecule has 1 aromatic rings. The molecule has 4 nitrogen and oxygen atoms in total. The van der Waals surface area contributed by atoms with Gasteiger partial charge in [-0.1, -0.05) is 0 Å². The normalized spacial score (nSPS) is 10.5. The van der Waals surface area contributed by atoms with Gasteiger partial charge in [0.2, 0.25) is 0 Å². The molecule has 0 aromatic heterocycles. The van der Waals surface area contributed by atoms with Crippen LogP contribution in [0.15, 0.2) is 12.1 Å². The topological polar surface area (TPSA) is 69.9 Å². The Hall–Kier alpha value is -1.10. The Balaban J connectivity index is 3.12. The molecule has 3 N–H and O–H groups in total. The third-order valence-electron chi connectivity index (χ3n) is 1.98. The van der Waals surface area contributed by atoms with E-state index in [0.29, 0.717) is 16.7 Å². The van der Waals surface area contributed by atoms with Crippen LogP contribution in [0.2, 0.25) is 0 Å². The quantitative estimate of drug-likeness (QED) is 0.659. The summed E-state index contributed by atoms with van der Waals surface area (Å²) in [5, 5.41) is 27.5. The van der Waals surface area contributed by atoms with Crippen LogP contribution in [0.25, 0.3) is 0 Å². The zero-order valence-corrected chi connectivity index (χ0v) is 8.03. The Morgan fingerprint density at radius 1 is 1.14 bits per heavy atom. The van der Waals surface area contributed by atoms with E-state index in [4.69, 9.17) is 14.9 Å². The van der Waals surface area contributed by atoms with E-state index in [-0.39, 0.29) is 25.6 Å². The van der Waals surface area contributed by atoms with E-state index in [1.54, 1.807) is 12.1 Å². The molecule has 0 bridgehead atoms. The van der Waals surface area contributed by atoms with Crippen LogP contribution in [0.5, 0.6) is 5.75 Å². The molecule has 0 unspecified atom stereocenters. The van der Waals surface area contributed by atoms with Crippen molar-refractivity contribution in [3.8, 4) is 5.75 Å². The average Bonchev–Trinajstić information content (AvgIpc) is 2.21. The smallest absolute Gasteiger partial charge is 0.126 e. The molecular formula is C10H14O4. The molecular weight excluding hydrogens is 184 g/mol. The fraction of sp³-hybridized carbons (Fsp3) is 0.400. The second-order valence-corrected chi connectivity index (χ2v) is 3.01. The summed E-state index contributed by atoms with van der Waals surface area (Å²) in [5.41, 5.74) is 1.63. The number of aliphatic hydroxyl groups is 2. The second kappa shape index (κ2) is 4.95. The van der Waals surface area contributed by atoms with Crippen LogP contribution in [0.3, 0.4) is 0 Å². The van der Waals surface area contributed by atoms with Crippen LogP contribution in [-0.4, -0.2) is 22.4 Å². The molecule has 78 valence electrons. The highest BCUT2D eigenvalue weighted by Gasteiger charge is 2.08. The van der Waals surface area contributed by atoms with E-state index in [2.05, 4.69) is 0 Å². The minimum atomic E-state index is -0.254. The van der Waals surface area contributed by atoms with Crippen LogP contribution in [0.4, 0.5) is 0 Å². The fourth-order valence-electron chi connectivity index (χ4n) is 1.31. The molecule has 0 saturated heterocycles. The summed E-state index contributed by atoms with van der Waals surface area (Å²) in [5.74, 6) is 0.0338. The molecule has 0 atom stereocenters. The van der Waals surface area contributed by atoms with Crippen molar-refractivity contribution in [1.29, 1.82) is 0 Å². The molecule has 0 amide bonds. The van der Waals surface area contributed by atoms with Gasteiger partial charge in [0, 0.05) is 18.2 Å². The van der Waals surface area contributed by atoms with Crippen LogP contribution in [0.1, 0.15) is 16.7 Å². The van der Waals surface area contributed by atoms with Crippen molar-refractivity contribution in [1.82, 2.24) is 0 Å². The average molecular weight is 198 g/mol. The van der Waals surface area contributed by atoms with Crippen molar-refractivity contribution in [3.05, 3.63) is 28.8 Å². The third kappa shape index (κ3) is 2.23. The fourth-order valence-corrected chi connectivity index (χ4v) is 1.31. The van der Waals surface area contributed by atoms with E-state index >= 15 is 0 Å². The second-order valence-electron chi connectivity index (χ2n) is 3.01. The number of benzene rings is 1. The van der Waals surface area contributed by atoms with E-state index < -0.39 is 0 Å². The molecule has 0 radical (unpaired) electrons. The summed E-state index contributed by atoms with van der Waals surface area (Å²) in [6, 6.07) is 3.21. The first kappa shape index (κ1) is 11.0. The number of aliphatic hydroxyl groups excluding tert-OH is 2. The van der Waals surface area contributed by atoms with Gasteiger partial charge in [-0.15, -0.1) is 0 Å². The molecule has 0 heterocycles. The Morgan fingerprint density at radius 2 is 1.79 bits per heavy atom. The minimum Gasteiger partial charge on any atom is -0.507 e. The number of hydrogen-bond acceptors (Lipinski definition) is 4. The molecule has 4 heteroatoms. The molecule has 0 aliphatic heterocycles. The van der Waals surface area contributed by atoms with Gasteiger partial charge in [0.1, 0.15) is 5.75 Å². The minimum absolute atomic E-state index is 0.0338. The van der Waals surface area contributed by atoms with Gasteiger partial charge in [0.05, 0.1) is 19.8 Å². The predicted octanol–water partition coefficient (Wildman–Crippen LogP) is 0.523. The predicted molar refractivity (Wildman–Crippen MR) is 50.7 cm³/mol. The highest BCUT2D eigenvalue weighted by molar-refractivity contribution is 5.43.